The highest BCUT2D eigenvalue weighted by molar-refractivity contribution is 7.91. The fourth-order valence-electron chi connectivity index (χ4n) is 2.39. The fourth-order valence-corrected chi connectivity index (χ4v) is 4.25. The molecule has 2 rings (SSSR count). The van der Waals surface area contributed by atoms with Crippen molar-refractivity contribution >= 4 is 21.4 Å². The normalized spacial score (nSPS) is 20.7. The maximum Gasteiger partial charge on any atom is 0.220 e. The molecule has 5 nitrogen and oxygen atoms in total. The van der Waals surface area contributed by atoms with Gasteiger partial charge in [0.15, 0.2) is 9.84 Å². The van der Waals surface area contributed by atoms with E-state index in [1.54, 1.807) is 0 Å². The van der Waals surface area contributed by atoms with E-state index in [0.717, 1.165) is 5.56 Å². The molecule has 110 valence electrons. The summed E-state index contributed by atoms with van der Waals surface area (Å²) in [7, 11) is -2.87. The van der Waals surface area contributed by atoms with Crippen molar-refractivity contribution in [1.82, 2.24) is 5.32 Å². The number of carbonyl (C=O) groups excluding carboxylic acids is 1. The van der Waals surface area contributed by atoms with E-state index in [0.29, 0.717) is 31.5 Å². The van der Waals surface area contributed by atoms with Crippen molar-refractivity contribution in [1.29, 1.82) is 0 Å². The van der Waals surface area contributed by atoms with Gasteiger partial charge in [0.1, 0.15) is 0 Å². The number of nitrogens with two attached hydrogens (primary N) is 1. The predicted molar refractivity (Wildman–Crippen MR) is 78.9 cm³/mol. The van der Waals surface area contributed by atoms with Gasteiger partial charge in [-0.2, -0.15) is 0 Å². The molecule has 1 fully saturated rings. The van der Waals surface area contributed by atoms with Crippen LogP contribution < -0.4 is 11.1 Å². The summed E-state index contributed by atoms with van der Waals surface area (Å²) in [5.74, 6) is 0.441. The van der Waals surface area contributed by atoms with Crippen LogP contribution in [-0.2, 0) is 21.1 Å². The number of nitrogens with one attached hydrogen (secondary N) is 1. The number of amides is 1. The Bertz CT molecular complexity index is 584. The number of hydrogen-bond donors (Lipinski definition) is 2. The average Bonchev–Trinajstić information content (AvgIpc) is 2.75. The monoisotopic (exact) mass is 296 g/mol. The summed E-state index contributed by atoms with van der Waals surface area (Å²) < 4.78 is 22.6. The van der Waals surface area contributed by atoms with Gasteiger partial charge in [-0.25, -0.2) is 8.42 Å². The first-order valence-electron chi connectivity index (χ1n) is 6.77. The third-order valence-corrected chi connectivity index (χ3v) is 5.43. The summed E-state index contributed by atoms with van der Waals surface area (Å²) >= 11 is 0. The Morgan fingerprint density at radius 1 is 1.35 bits per heavy atom. The lowest BCUT2D eigenvalue weighted by atomic mass is 10.1. The first kappa shape index (κ1) is 14.8. The number of nitrogen functional groups attached to an aromatic ring is 1. The Labute approximate surface area is 119 Å². The highest BCUT2D eigenvalue weighted by Crippen LogP contribution is 2.17. The second kappa shape index (κ2) is 6.26. The molecule has 3 N–H and O–H groups in total. The first-order chi connectivity index (χ1) is 9.46. The molecular weight excluding hydrogens is 276 g/mol. The second-order valence-electron chi connectivity index (χ2n) is 5.27. The summed E-state index contributed by atoms with van der Waals surface area (Å²) in [6.45, 7) is 0.447. The van der Waals surface area contributed by atoms with Crippen molar-refractivity contribution in [2.24, 2.45) is 5.92 Å². The SMILES string of the molecule is Nc1ccccc1CCC(=O)NCC1CCS(=O)(=O)C1. The van der Waals surface area contributed by atoms with E-state index >= 15 is 0 Å². The van der Waals surface area contributed by atoms with Gasteiger partial charge in [0.25, 0.3) is 0 Å². The smallest absolute Gasteiger partial charge is 0.220 e. The summed E-state index contributed by atoms with van der Waals surface area (Å²) in [5.41, 5.74) is 7.47. The van der Waals surface area contributed by atoms with E-state index in [4.69, 9.17) is 5.73 Å². The molecule has 1 aliphatic heterocycles. The zero-order valence-electron chi connectivity index (χ0n) is 11.3. The molecule has 0 bridgehead atoms. The van der Waals surface area contributed by atoms with Crippen LogP contribution in [0.25, 0.3) is 0 Å². The Kier molecular flexibility index (Phi) is 4.65. The number of para-hydroxylation sites is 1. The van der Waals surface area contributed by atoms with Crippen LogP contribution in [0.15, 0.2) is 24.3 Å². The Hall–Kier alpha value is -1.56. The van der Waals surface area contributed by atoms with Crippen LogP contribution >= 0.6 is 0 Å². The van der Waals surface area contributed by atoms with Crippen LogP contribution in [0.1, 0.15) is 18.4 Å². The molecule has 1 aliphatic rings. The summed E-state index contributed by atoms with van der Waals surface area (Å²) in [6.07, 6.45) is 1.61. The highest BCUT2D eigenvalue weighted by atomic mass is 32.2. The molecule has 1 amide bonds. The van der Waals surface area contributed by atoms with Crippen LogP contribution in [0.3, 0.4) is 0 Å². The van der Waals surface area contributed by atoms with Crippen molar-refractivity contribution in [2.75, 3.05) is 23.8 Å². The van der Waals surface area contributed by atoms with Gasteiger partial charge in [0.05, 0.1) is 11.5 Å². The van der Waals surface area contributed by atoms with Crippen LogP contribution in [0.5, 0.6) is 0 Å². The minimum Gasteiger partial charge on any atom is -0.399 e. The molecule has 1 saturated heterocycles. The predicted octanol–water partition coefficient (Wildman–Crippen LogP) is 0.752. The van der Waals surface area contributed by atoms with Crippen molar-refractivity contribution in [3.8, 4) is 0 Å². The van der Waals surface area contributed by atoms with E-state index in [9.17, 15) is 13.2 Å². The van der Waals surface area contributed by atoms with Gasteiger partial charge in [-0.15, -0.1) is 0 Å². The van der Waals surface area contributed by atoms with Crippen LogP contribution in [0.4, 0.5) is 5.69 Å². The lowest BCUT2D eigenvalue weighted by Crippen LogP contribution is -2.30. The summed E-state index contributed by atoms with van der Waals surface area (Å²) in [4.78, 5) is 11.7. The largest absolute Gasteiger partial charge is 0.399 e. The molecule has 6 heteroatoms. The van der Waals surface area contributed by atoms with Crippen LogP contribution in [0.2, 0.25) is 0 Å². The number of carbonyl (C=O) groups is 1. The van der Waals surface area contributed by atoms with Gasteiger partial charge in [0, 0.05) is 18.7 Å². The molecule has 1 atom stereocenters. The minimum absolute atomic E-state index is 0.0578. The number of benzene rings is 1. The standard InChI is InChI=1S/C14H20N2O3S/c15-13-4-2-1-3-12(13)5-6-14(17)16-9-11-7-8-20(18,19)10-11/h1-4,11H,5-10,15H2,(H,16,17). The second-order valence-corrected chi connectivity index (χ2v) is 7.50. The zero-order chi connectivity index (χ0) is 14.6. The molecule has 1 aromatic rings. The van der Waals surface area contributed by atoms with Gasteiger partial charge >= 0.3 is 0 Å². The Morgan fingerprint density at radius 2 is 2.10 bits per heavy atom. The van der Waals surface area contributed by atoms with Crippen LogP contribution in [0, 0.1) is 5.92 Å². The fraction of sp³-hybridized carbons (Fsp3) is 0.500. The summed E-state index contributed by atoms with van der Waals surface area (Å²) in [5, 5.41) is 2.81. The molecule has 20 heavy (non-hydrogen) atoms. The van der Waals surface area contributed by atoms with Gasteiger partial charge in [-0.3, -0.25) is 4.79 Å². The number of rotatable bonds is 5. The maximum atomic E-state index is 11.7. The average molecular weight is 296 g/mol. The molecular formula is C14H20N2O3S. The van der Waals surface area contributed by atoms with E-state index in [-0.39, 0.29) is 23.3 Å². The molecule has 0 saturated carbocycles. The molecule has 0 aromatic heterocycles. The maximum absolute atomic E-state index is 11.7. The Morgan fingerprint density at radius 3 is 2.75 bits per heavy atom. The van der Waals surface area contributed by atoms with Gasteiger partial charge in [-0.1, -0.05) is 18.2 Å². The van der Waals surface area contributed by atoms with E-state index in [2.05, 4.69) is 5.32 Å². The number of sulfone groups is 1. The lowest BCUT2D eigenvalue weighted by molar-refractivity contribution is -0.121. The van der Waals surface area contributed by atoms with Crippen molar-refractivity contribution in [2.45, 2.75) is 19.3 Å². The number of anilines is 1. The van der Waals surface area contributed by atoms with E-state index < -0.39 is 9.84 Å². The van der Waals surface area contributed by atoms with Gasteiger partial charge < -0.3 is 11.1 Å². The van der Waals surface area contributed by atoms with Gasteiger partial charge in [-0.05, 0) is 30.4 Å². The van der Waals surface area contributed by atoms with Crippen molar-refractivity contribution in [3.05, 3.63) is 29.8 Å². The molecule has 0 spiro atoms. The molecule has 0 radical (unpaired) electrons. The lowest BCUT2D eigenvalue weighted by Gasteiger charge is -2.10. The third-order valence-electron chi connectivity index (χ3n) is 3.59. The molecule has 1 heterocycles. The molecule has 0 aliphatic carbocycles. The van der Waals surface area contributed by atoms with Crippen molar-refractivity contribution in [3.63, 3.8) is 0 Å². The topological polar surface area (TPSA) is 89.3 Å². The minimum atomic E-state index is -2.87. The quantitative estimate of drug-likeness (QED) is 0.785. The number of aryl methyl sites for hydroxylation is 1. The van der Waals surface area contributed by atoms with Crippen molar-refractivity contribution < 1.29 is 13.2 Å². The molecule has 1 aromatic carbocycles. The van der Waals surface area contributed by atoms with Gasteiger partial charge in [0.2, 0.25) is 5.91 Å². The highest BCUT2D eigenvalue weighted by Gasteiger charge is 2.27. The zero-order valence-corrected chi connectivity index (χ0v) is 12.2. The summed E-state index contributed by atoms with van der Waals surface area (Å²) in [6, 6.07) is 7.48. The van der Waals surface area contributed by atoms with E-state index in [1.165, 1.54) is 0 Å². The number of hydrogen-bond acceptors (Lipinski definition) is 4. The van der Waals surface area contributed by atoms with Crippen LogP contribution in [-0.4, -0.2) is 32.4 Å². The van der Waals surface area contributed by atoms with E-state index in [1.807, 2.05) is 24.3 Å². The first-order valence-corrected chi connectivity index (χ1v) is 8.59. The Balaban J connectivity index is 1.73. The third kappa shape index (κ3) is 4.23. The molecule has 1 unspecified atom stereocenters.